The summed E-state index contributed by atoms with van der Waals surface area (Å²) >= 11 is 0. The lowest BCUT2D eigenvalue weighted by Crippen LogP contribution is -2.39. The minimum atomic E-state index is -4.08. The lowest BCUT2D eigenvalue weighted by Gasteiger charge is -2.33. The second kappa shape index (κ2) is 5.86. The molecule has 1 heterocycles. The van der Waals surface area contributed by atoms with Gasteiger partial charge in [-0.1, -0.05) is 6.92 Å². The molecule has 5 nitrogen and oxygen atoms in total. The number of ether oxygens (including phenoxy) is 1. The Morgan fingerprint density at radius 3 is 2.52 bits per heavy atom. The monoisotopic (exact) mass is 320 g/mol. The predicted molar refractivity (Wildman–Crippen MR) is 74.1 cm³/mol. The zero-order valence-corrected chi connectivity index (χ0v) is 12.5. The average Bonchev–Trinajstić information content (AvgIpc) is 2.42. The van der Waals surface area contributed by atoms with Crippen molar-refractivity contribution in [2.24, 2.45) is 5.41 Å². The van der Waals surface area contributed by atoms with Crippen LogP contribution in [0.3, 0.4) is 0 Å². The van der Waals surface area contributed by atoms with Crippen LogP contribution in [0.1, 0.15) is 19.8 Å². The summed E-state index contributed by atoms with van der Waals surface area (Å²) in [4.78, 5) is -0.642. The maximum atomic E-state index is 13.7. The number of anilines is 1. The molecular weight excluding hydrogens is 302 g/mol. The number of sulfonamides is 1. The maximum Gasteiger partial charge on any atom is 0.243 e. The predicted octanol–water partition coefficient (Wildman–Crippen LogP) is 1.64. The molecule has 1 aliphatic heterocycles. The highest BCUT2D eigenvalue weighted by atomic mass is 32.2. The summed E-state index contributed by atoms with van der Waals surface area (Å²) in [5, 5.41) is 0. The lowest BCUT2D eigenvalue weighted by molar-refractivity contribution is 0.0264. The van der Waals surface area contributed by atoms with E-state index in [1.165, 1.54) is 0 Å². The fraction of sp³-hybridized carbons (Fsp3) is 0.538. The number of nitrogens with two attached hydrogens (primary N) is 1. The Morgan fingerprint density at radius 2 is 1.90 bits per heavy atom. The topological polar surface area (TPSA) is 81.4 Å². The molecule has 0 aromatic heterocycles. The molecule has 0 radical (unpaired) electrons. The zero-order chi connectivity index (χ0) is 15.7. The smallest absolute Gasteiger partial charge is 0.243 e. The van der Waals surface area contributed by atoms with Crippen molar-refractivity contribution in [3.63, 3.8) is 0 Å². The van der Waals surface area contributed by atoms with E-state index < -0.39 is 32.2 Å². The number of rotatable bonds is 4. The summed E-state index contributed by atoms with van der Waals surface area (Å²) in [5.74, 6) is -2.14. The van der Waals surface area contributed by atoms with Crippen LogP contribution < -0.4 is 10.5 Å². The van der Waals surface area contributed by atoms with Gasteiger partial charge in [-0.05, 0) is 24.3 Å². The molecule has 1 aromatic rings. The summed E-state index contributed by atoms with van der Waals surface area (Å²) in [5.41, 5.74) is 4.65. The van der Waals surface area contributed by atoms with Gasteiger partial charge < -0.3 is 10.5 Å². The highest BCUT2D eigenvalue weighted by Crippen LogP contribution is 2.29. The van der Waals surface area contributed by atoms with Gasteiger partial charge in [0.25, 0.3) is 0 Å². The van der Waals surface area contributed by atoms with Gasteiger partial charge in [0.1, 0.15) is 16.5 Å². The summed E-state index contributed by atoms with van der Waals surface area (Å²) in [6.45, 7) is 3.23. The Labute approximate surface area is 122 Å². The van der Waals surface area contributed by atoms with E-state index in [9.17, 15) is 17.2 Å². The van der Waals surface area contributed by atoms with Gasteiger partial charge in [-0.3, -0.25) is 0 Å². The van der Waals surface area contributed by atoms with Crippen LogP contribution in [0.2, 0.25) is 0 Å². The van der Waals surface area contributed by atoms with Crippen LogP contribution in [0.5, 0.6) is 0 Å². The molecule has 1 fully saturated rings. The van der Waals surface area contributed by atoms with Crippen LogP contribution in [-0.4, -0.2) is 28.2 Å². The first kappa shape index (κ1) is 16.1. The lowest BCUT2D eigenvalue weighted by atomic mass is 9.83. The largest absolute Gasteiger partial charge is 0.396 e. The van der Waals surface area contributed by atoms with Crippen LogP contribution in [0.4, 0.5) is 14.5 Å². The van der Waals surface area contributed by atoms with Gasteiger partial charge in [-0.15, -0.1) is 0 Å². The third-order valence-corrected chi connectivity index (χ3v) is 5.15. The summed E-state index contributed by atoms with van der Waals surface area (Å²) in [6, 6.07) is 1.26. The second-order valence-corrected chi connectivity index (χ2v) is 7.29. The Kier molecular flexibility index (Phi) is 4.50. The molecule has 0 unspecified atom stereocenters. The molecule has 0 bridgehead atoms. The number of nitrogen functional groups attached to an aromatic ring is 1. The van der Waals surface area contributed by atoms with Gasteiger partial charge in [0.15, 0.2) is 0 Å². The fourth-order valence-corrected chi connectivity index (χ4v) is 3.43. The van der Waals surface area contributed by atoms with Crippen molar-refractivity contribution in [1.82, 2.24) is 4.72 Å². The van der Waals surface area contributed by atoms with Crippen molar-refractivity contribution in [2.75, 3.05) is 25.5 Å². The molecule has 0 amide bonds. The molecule has 1 aromatic carbocycles. The minimum absolute atomic E-state index is 0.162. The van der Waals surface area contributed by atoms with Crippen LogP contribution in [0.15, 0.2) is 17.0 Å². The molecule has 2 rings (SSSR count). The van der Waals surface area contributed by atoms with Crippen molar-refractivity contribution in [1.29, 1.82) is 0 Å². The van der Waals surface area contributed by atoms with Crippen LogP contribution in [-0.2, 0) is 14.8 Å². The first-order valence-electron chi connectivity index (χ1n) is 6.55. The van der Waals surface area contributed by atoms with Gasteiger partial charge in [0, 0.05) is 25.8 Å². The molecule has 0 atom stereocenters. The van der Waals surface area contributed by atoms with Crippen molar-refractivity contribution in [3.05, 3.63) is 23.8 Å². The highest BCUT2D eigenvalue weighted by Gasteiger charge is 2.30. The van der Waals surface area contributed by atoms with Crippen molar-refractivity contribution in [2.45, 2.75) is 24.7 Å². The van der Waals surface area contributed by atoms with Gasteiger partial charge in [-0.2, -0.15) is 0 Å². The Balaban J connectivity index is 2.17. The van der Waals surface area contributed by atoms with Gasteiger partial charge >= 0.3 is 0 Å². The molecule has 118 valence electrons. The van der Waals surface area contributed by atoms with E-state index in [4.69, 9.17) is 10.5 Å². The third kappa shape index (κ3) is 3.69. The quantitative estimate of drug-likeness (QED) is 0.827. The molecule has 0 spiro atoms. The molecule has 1 aliphatic rings. The Hall–Kier alpha value is -1.25. The van der Waals surface area contributed by atoms with E-state index >= 15 is 0 Å². The molecule has 3 N–H and O–H groups in total. The average molecular weight is 320 g/mol. The second-order valence-electron chi connectivity index (χ2n) is 5.55. The maximum absolute atomic E-state index is 13.7. The first-order chi connectivity index (χ1) is 9.73. The fourth-order valence-electron chi connectivity index (χ4n) is 2.14. The van der Waals surface area contributed by atoms with E-state index in [-0.39, 0.29) is 12.0 Å². The normalized spacial score (nSPS) is 18.6. The van der Waals surface area contributed by atoms with Gasteiger partial charge in [0.05, 0.1) is 5.69 Å². The van der Waals surface area contributed by atoms with Crippen molar-refractivity contribution < 1.29 is 21.9 Å². The SMILES string of the molecule is CC1(CNS(=O)(=O)c2cc(N)c(F)cc2F)CCOCC1. The van der Waals surface area contributed by atoms with E-state index in [1.807, 2.05) is 6.92 Å². The molecule has 1 saturated heterocycles. The molecular formula is C13H18F2N2O3S. The molecule has 8 heteroatoms. The van der Waals surface area contributed by atoms with Crippen molar-refractivity contribution in [3.8, 4) is 0 Å². The summed E-state index contributed by atoms with van der Waals surface area (Å²) < 4.78 is 58.6. The van der Waals surface area contributed by atoms with E-state index in [1.54, 1.807) is 0 Å². The standard InChI is InChI=1S/C13H18F2N2O3S/c1-13(2-4-20-5-3-13)8-17-21(18,19)12-7-11(16)9(14)6-10(12)15/h6-7,17H,2-5,8,16H2,1H3. The molecule has 0 saturated carbocycles. The number of hydrogen-bond donors (Lipinski definition) is 2. The summed E-state index contributed by atoms with van der Waals surface area (Å²) in [6.07, 6.45) is 1.42. The van der Waals surface area contributed by atoms with E-state index in [0.717, 1.165) is 6.07 Å². The van der Waals surface area contributed by atoms with Crippen LogP contribution >= 0.6 is 0 Å². The first-order valence-corrected chi connectivity index (χ1v) is 8.04. The van der Waals surface area contributed by atoms with E-state index in [0.29, 0.717) is 32.1 Å². The van der Waals surface area contributed by atoms with Gasteiger partial charge in [-0.25, -0.2) is 21.9 Å². The number of nitrogens with one attached hydrogen (secondary N) is 1. The number of benzene rings is 1. The van der Waals surface area contributed by atoms with Gasteiger partial charge in [0.2, 0.25) is 10.0 Å². The van der Waals surface area contributed by atoms with Crippen LogP contribution in [0.25, 0.3) is 0 Å². The molecule has 0 aliphatic carbocycles. The third-order valence-electron chi connectivity index (χ3n) is 3.73. The Morgan fingerprint density at radius 1 is 1.29 bits per heavy atom. The summed E-state index contributed by atoms with van der Waals surface area (Å²) in [7, 11) is -4.08. The molecule has 21 heavy (non-hydrogen) atoms. The Bertz CT molecular complexity index is 629. The minimum Gasteiger partial charge on any atom is -0.396 e. The zero-order valence-electron chi connectivity index (χ0n) is 11.7. The highest BCUT2D eigenvalue weighted by molar-refractivity contribution is 7.89. The van der Waals surface area contributed by atoms with Crippen LogP contribution in [0, 0.1) is 17.0 Å². The van der Waals surface area contributed by atoms with Crippen molar-refractivity contribution >= 4 is 15.7 Å². The van der Waals surface area contributed by atoms with E-state index in [2.05, 4.69) is 4.72 Å². The number of hydrogen-bond acceptors (Lipinski definition) is 4. The number of halogens is 2.